The second-order valence-electron chi connectivity index (χ2n) is 9.15. The van der Waals surface area contributed by atoms with E-state index >= 15 is 0 Å². The van der Waals surface area contributed by atoms with Crippen molar-refractivity contribution < 1.29 is 27.2 Å². The van der Waals surface area contributed by atoms with Crippen LogP contribution in [0.15, 0.2) is 36.7 Å². The van der Waals surface area contributed by atoms with Gasteiger partial charge in [-0.15, -0.1) is 0 Å². The molecule has 2 aromatic rings. The number of pyridine rings is 1. The molecule has 0 aromatic carbocycles. The predicted molar refractivity (Wildman–Crippen MR) is 148 cm³/mol. The molecule has 222 valence electrons. The molecule has 0 aliphatic rings. The fourth-order valence-corrected chi connectivity index (χ4v) is 3.37. The van der Waals surface area contributed by atoms with Gasteiger partial charge in [0.2, 0.25) is 23.7 Å². The highest BCUT2D eigenvalue weighted by atomic mass is 19.4. The molecule has 0 radical (unpaired) electrons. The number of hydrogen-bond acceptors (Lipinski definition) is 8. The molecule has 0 saturated heterocycles. The Morgan fingerprint density at radius 2 is 1.90 bits per heavy atom. The van der Waals surface area contributed by atoms with E-state index in [-0.39, 0.29) is 29.1 Å². The molecule has 41 heavy (non-hydrogen) atoms. The van der Waals surface area contributed by atoms with Crippen molar-refractivity contribution in [1.82, 2.24) is 30.1 Å². The normalized spacial score (nSPS) is 12.0. The Bertz CT molecular complexity index is 1240. The molecule has 10 nitrogen and oxygen atoms in total. The van der Waals surface area contributed by atoms with Gasteiger partial charge in [-0.3, -0.25) is 9.59 Å². The monoisotopic (exact) mass is 578 g/mol. The van der Waals surface area contributed by atoms with Crippen LogP contribution in [0.3, 0.4) is 0 Å². The summed E-state index contributed by atoms with van der Waals surface area (Å²) in [6.07, 6.45) is 2.38. The first-order chi connectivity index (χ1) is 19.4. The Morgan fingerprint density at radius 3 is 2.54 bits per heavy atom. The van der Waals surface area contributed by atoms with Crippen LogP contribution in [0.1, 0.15) is 31.7 Å². The van der Waals surface area contributed by atoms with E-state index in [9.17, 15) is 27.2 Å². The number of anilines is 3. The summed E-state index contributed by atoms with van der Waals surface area (Å²) in [6.45, 7) is 1.38. The number of likely N-dealkylation sites (N-methyl/N-ethyl adjacent to an activating group) is 2. The molecule has 0 aliphatic heterocycles. The molecule has 0 aliphatic carbocycles. The van der Waals surface area contributed by atoms with Gasteiger partial charge in [-0.1, -0.05) is 24.8 Å². The van der Waals surface area contributed by atoms with Crippen molar-refractivity contribution in [2.24, 2.45) is 0 Å². The molecule has 2 rings (SSSR count). The first-order valence-corrected chi connectivity index (χ1v) is 12.8. The van der Waals surface area contributed by atoms with Crippen LogP contribution in [-0.2, 0) is 9.59 Å². The third-order valence-electron chi connectivity index (χ3n) is 5.46. The Morgan fingerprint density at radius 1 is 1.15 bits per heavy atom. The number of carbonyl (C=O) groups excluding carboxylic acids is 2. The van der Waals surface area contributed by atoms with E-state index < -0.39 is 24.7 Å². The summed E-state index contributed by atoms with van der Waals surface area (Å²) >= 11 is 0. The lowest BCUT2D eigenvalue weighted by Gasteiger charge is -2.25. The highest BCUT2D eigenvalue weighted by Gasteiger charge is 2.27. The van der Waals surface area contributed by atoms with Crippen LogP contribution in [0, 0.1) is 17.8 Å². The van der Waals surface area contributed by atoms with Gasteiger partial charge in [0.15, 0.2) is 0 Å². The fourth-order valence-electron chi connectivity index (χ4n) is 3.37. The molecule has 0 fully saturated rings. The Hall–Kier alpha value is -4.25. The SMILES string of the molecule is CC[C@@H](C(=O)NCCCC#Cc1cnc(Nc2ccc(F)nc2)nc1NCC(F)(F)F)N(C)C(=O)C=CCN(C)C. The van der Waals surface area contributed by atoms with Gasteiger partial charge in [-0.25, -0.2) is 9.97 Å². The highest BCUT2D eigenvalue weighted by Crippen LogP contribution is 2.20. The minimum absolute atomic E-state index is 0.0292. The Balaban J connectivity index is 1.96. The topological polar surface area (TPSA) is 115 Å². The van der Waals surface area contributed by atoms with E-state index in [1.54, 1.807) is 13.1 Å². The second-order valence-corrected chi connectivity index (χ2v) is 9.15. The molecule has 0 spiro atoms. The van der Waals surface area contributed by atoms with Crippen molar-refractivity contribution in [2.75, 3.05) is 51.4 Å². The first kappa shape index (κ1) is 33.0. The van der Waals surface area contributed by atoms with Gasteiger partial charge in [0.1, 0.15) is 18.4 Å². The number of nitrogens with one attached hydrogen (secondary N) is 3. The lowest BCUT2D eigenvalue weighted by atomic mass is 10.1. The zero-order valence-corrected chi connectivity index (χ0v) is 23.3. The molecule has 2 amide bonds. The van der Waals surface area contributed by atoms with E-state index in [0.717, 1.165) is 6.07 Å². The third kappa shape index (κ3) is 12.2. The zero-order valence-electron chi connectivity index (χ0n) is 23.3. The number of amides is 2. The fraction of sp³-hybridized carbons (Fsp3) is 0.444. The first-order valence-electron chi connectivity index (χ1n) is 12.8. The van der Waals surface area contributed by atoms with Crippen molar-refractivity contribution in [2.45, 2.75) is 38.4 Å². The molecule has 2 heterocycles. The summed E-state index contributed by atoms with van der Waals surface area (Å²) in [5, 5.41) is 7.76. The molecule has 14 heteroatoms. The largest absolute Gasteiger partial charge is 0.405 e. The number of aromatic nitrogens is 3. The summed E-state index contributed by atoms with van der Waals surface area (Å²) in [4.78, 5) is 39.9. The molecule has 0 saturated carbocycles. The van der Waals surface area contributed by atoms with Crippen LogP contribution in [0.5, 0.6) is 0 Å². The number of carbonyl (C=O) groups is 2. The van der Waals surface area contributed by atoms with Gasteiger partial charge in [0.05, 0.1) is 23.6 Å². The van der Waals surface area contributed by atoms with E-state index in [2.05, 4.69) is 42.7 Å². The maximum absolute atomic E-state index is 13.0. The zero-order chi connectivity index (χ0) is 30.4. The lowest BCUT2D eigenvalue weighted by molar-refractivity contribution is -0.135. The minimum Gasteiger partial charge on any atom is -0.360 e. The van der Waals surface area contributed by atoms with Crippen LogP contribution in [0.2, 0.25) is 0 Å². The Kier molecular flexibility index (Phi) is 13.0. The quantitative estimate of drug-likeness (QED) is 0.109. The van der Waals surface area contributed by atoms with Gasteiger partial charge in [-0.2, -0.15) is 22.5 Å². The molecule has 2 aromatic heterocycles. The van der Waals surface area contributed by atoms with Gasteiger partial charge in [-0.05, 0) is 39.1 Å². The van der Waals surface area contributed by atoms with Gasteiger partial charge >= 0.3 is 6.18 Å². The maximum Gasteiger partial charge on any atom is 0.405 e. The molecule has 3 N–H and O–H groups in total. The number of hydrogen-bond donors (Lipinski definition) is 3. The molecule has 0 bridgehead atoms. The lowest BCUT2D eigenvalue weighted by Crippen LogP contribution is -2.47. The van der Waals surface area contributed by atoms with E-state index in [1.807, 2.05) is 25.9 Å². The van der Waals surface area contributed by atoms with Crippen molar-refractivity contribution in [3.05, 3.63) is 48.2 Å². The minimum atomic E-state index is -4.49. The molecular weight excluding hydrogens is 544 g/mol. The summed E-state index contributed by atoms with van der Waals surface area (Å²) in [6, 6.07) is 1.86. The van der Waals surface area contributed by atoms with Crippen molar-refractivity contribution >= 4 is 29.3 Å². The van der Waals surface area contributed by atoms with E-state index in [1.165, 1.54) is 29.4 Å². The summed E-state index contributed by atoms with van der Waals surface area (Å²) < 4.78 is 51.5. The number of unbranched alkanes of at least 4 members (excludes halogenated alkanes) is 1. The summed E-state index contributed by atoms with van der Waals surface area (Å²) in [5.41, 5.74) is 0.491. The molecule has 0 unspecified atom stereocenters. The van der Waals surface area contributed by atoms with Crippen LogP contribution in [-0.4, -0.2) is 89.6 Å². The Labute approximate surface area is 236 Å². The number of halogens is 4. The standard InChI is InChI=1S/C27H34F4N8O2/c1-5-21(39(4)23(40)11-9-15-38(2)3)25(41)32-14-8-6-7-10-19-16-34-26(36-20-12-13-22(28)33-17-20)37-24(19)35-18-27(29,30)31/h9,11-13,16-17,21H,5-6,8,14-15,18H2,1-4H3,(H,32,41)(H2,34,35,36,37)/t21-/m0/s1. The van der Waals surface area contributed by atoms with Crippen molar-refractivity contribution in [1.29, 1.82) is 0 Å². The number of alkyl halides is 3. The predicted octanol–water partition coefficient (Wildman–Crippen LogP) is 3.33. The van der Waals surface area contributed by atoms with Crippen LogP contribution < -0.4 is 16.0 Å². The average molecular weight is 579 g/mol. The summed E-state index contributed by atoms with van der Waals surface area (Å²) in [7, 11) is 5.34. The van der Waals surface area contributed by atoms with Crippen LogP contribution >= 0.6 is 0 Å². The summed E-state index contributed by atoms with van der Waals surface area (Å²) in [5.74, 6) is 4.20. The van der Waals surface area contributed by atoms with Gasteiger partial charge in [0.25, 0.3) is 0 Å². The molecule has 1 atom stereocenters. The number of rotatable bonds is 13. The van der Waals surface area contributed by atoms with Crippen molar-refractivity contribution in [3.63, 3.8) is 0 Å². The third-order valence-corrected chi connectivity index (χ3v) is 5.46. The van der Waals surface area contributed by atoms with Crippen molar-refractivity contribution in [3.8, 4) is 11.8 Å². The van der Waals surface area contributed by atoms with Gasteiger partial charge in [0, 0.05) is 32.6 Å². The van der Waals surface area contributed by atoms with Crippen LogP contribution in [0.25, 0.3) is 0 Å². The van der Waals surface area contributed by atoms with E-state index in [4.69, 9.17) is 0 Å². The second kappa shape index (κ2) is 16.1. The van der Waals surface area contributed by atoms with Crippen LogP contribution in [0.4, 0.5) is 35.0 Å². The number of nitrogens with zero attached hydrogens (tertiary/aromatic N) is 5. The van der Waals surface area contributed by atoms with Gasteiger partial charge < -0.3 is 25.8 Å². The van der Waals surface area contributed by atoms with E-state index in [0.29, 0.717) is 38.0 Å². The highest BCUT2D eigenvalue weighted by molar-refractivity contribution is 5.92. The maximum atomic E-state index is 13.0. The molecular formula is C27H34F4N8O2. The average Bonchev–Trinajstić information content (AvgIpc) is 2.91. The smallest absolute Gasteiger partial charge is 0.360 e.